The lowest BCUT2D eigenvalue weighted by atomic mass is 10.2. The van der Waals surface area contributed by atoms with E-state index >= 15 is 0 Å². The summed E-state index contributed by atoms with van der Waals surface area (Å²) in [6.45, 7) is 2.39. The number of carbonyl (C=O) groups excluding carboxylic acids is 1. The molecule has 0 atom stereocenters. The van der Waals surface area contributed by atoms with Crippen molar-refractivity contribution in [2.75, 3.05) is 6.61 Å². The number of hydrogen-bond donors (Lipinski definition) is 0. The van der Waals surface area contributed by atoms with E-state index < -0.39 is 0 Å². The zero-order valence-corrected chi connectivity index (χ0v) is 16.1. The molecule has 0 unspecified atom stereocenters. The average molecular weight is 406 g/mol. The summed E-state index contributed by atoms with van der Waals surface area (Å²) in [5.41, 5.74) is 2.22. The maximum absolute atomic E-state index is 13.0. The second-order valence-corrected chi connectivity index (χ2v) is 6.98. The van der Waals surface area contributed by atoms with Crippen LogP contribution in [0.15, 0.2) is 47.8 Å². The number of ether oxygens (including phenoxy) is 2. The minimum Gasteiger partial charge on any atom is -0.488 e. The number of benzene rings is 2. The van der Waals surface area contributed by atoms with E-state index in [1.165, 1.54) is 23.5 Å². The highest BCUT2D eigenvalue weighted by atomic mass is 35.5. The Hall–Kier alpha value is -2.44. The molecular weight excluding hydrogens is 389 g/mol. The smallest absolute Gasteiger partial charge is 0.311 e. The fourth-order valence-corrected chi connectivity index (χ4v) is 3.42. The van der Waals surface area contributed by atoms with E-state index in [9.17, 15) is 9.18 Å². The predicted molar refractivity (Wildman–Crippen MR) is 104 cm³/mol. The van der Waals surface area contributed by atoms with Crippen molar-refractivity contribution in [2.45, 2.75) is 20.0 Å². The van der Waals surface area contributed by atoms with Gasteiger partial charge in [0.15, 0.2) is 0 Å². The van der Waals surface area contributed by atoms with Gasteiger partial charge in [-0.1, -0.05) is 23.7 Å². The lowest BCUT2D eigenvalue weighted by molar-refractivity contribution is -0.142. The first-order valence-electron chi connectivity index (χ1n) is 8.32. The molecule has 1 heterocycles. The molecule has 0 saturated carbocycles. The average Bonchev–Trinajstić information content (AvgIpc) is 3.10. The van der Waals surface area contributed by atoms with Crippen LogP contribution in [0.2, 0.25) is 5.02 Å². The van der Waals surface area contributed by atoms with Crippen molar-refractivity contribution in [1.29, 1.82) is 0 Å². The Labute approximate surface area is 165 Å². The Morgan fingerprint density at radius 3 is 2.74 bits per heavy atom. The van der Waals surface area contributed by atoms with Gasteiger partial charge in [0.1, 0.15) is 23.2 Å². The second-order valence-electron chi connectivity index (χ2n) is 5.68. The van der Waals surface area contributed by atoms with Crippen molar-refractivity contribution < 1.29 is 18.7 Å². The Morgan fingerprint density at radius 1 is 1.22 bits per heavy atom. The highest BCUT2D eigenvalue weighted by Gasteiger charge is 2.14. The Bertz CT molecular complexity index is 927. The molecule has 0 saturated heterocycles. The first-order chi connectivity index (χ1) is 13.0. The topological polar surface area (TPSA) is 48.4 Å². The normalized spacial score (nSPS) is 10.6. The minimum absolute atomic E-state index is 0.122. The Kier molecular flexibility index (Phi) is 6.42. The van der Waals surface area contributed by atoms with Crippen LogP contribution in [0.4, 0.5) is 4.39 Å². The standard InChI is InChI=1S/C20H17ClFNO3S/c1-2-25-19(24)10-16-12-27-20(23-16)17-9-14(21)5-8-18(17)26-11-13-3-6-15(22)7-4-13/h3-9,12H,2,10-11H2,1H3. The minimum atomic E-state index is -0.312. The quantitative estimate of drug-likeness (QED) is 0.501. The third-order valence-corrected chi connectivity index (χ3v) is 4.82. The van der Waals surface area contributed by atoms with Crippen LogP contribution in [0.5, 0.6) is 5.75 Å². The molecule has 1 aromatic heterocycles. The maximum Gasteiger partial charge on any atom is 0.311 e. The van der Waals surface area contributed by atoms with E-state index in [4.69, 9.17) is 21.1 Å². The number of esters is 1. The van der Waals surface area contributed by atoms with Gasteiger partial charge in [0.05, 0.1) is 24.3 Å². The predicted octanol–water partition coefficient (Wildman–Crippen LogP) is 5.29. The Balaban J connectivity index is 1.78. The number of nitrogens with zero attached hydrogens (tertiary/aromatic N) is 1. The van der Waals surface area contributed by atoms with Gasteiger partial charge in [0.25, 0.3) is 0 Å². The zero-order chi connectivity index (χ0) is 19.2. The summed E-state index contributed by atoms with van der Waals surface area (Å²) < 4.78 is 23.9. The summed E-state index contributed by atoms with van der Waals surface area (Å²) in [6.07, 6.45) is 0.122. The summed E-state index contributed by atoms with van der Waals surface area (Å²) in [5, 5.41) is 3.07. The molecule has 2 aromatic carbocycles. The van der Waals surface area contributed by atoms with E-state index in [-0.39, 0.29) is 24.8 Å². The molecule has 0 fully saturated rings. The van der Waals surface area contributed by atoms with Crippen LogP contribution in [0.1, 0.15) is 18.2 Å². The monoisotopic (exact) mass is 405 g/mol. The molecule has 0 bridgehead atoms. The van der Waals surface area contributed by atoms with Crippen LogP contribution in [0.3, 0.4) is 0 Å². The molecule has 0 N–H and O–H groups in total. The van der Waals surface area contributed by atoms with Gasteiger partial charge in [-0.25, -0.2) is 9.37 Å². The lowest BCUT2D eigenvalue weighted by Crippen LogP contribution is -2.07. The summed E-state index contributed by atoms with van der Waals surface area (Å²) >= 11 is 7.54. The highest BCUT2D eigenvalue weighted by Crippen LogP contribution is 2.35. The van der Waals surface area contributed by atoms with E-state index in [1.54, 1.807) is 37.3 Å². The van der Waals surface area contributed by atoms with Crippen LogP contribution in [0.25, 0.3) is 10.6 Å². The fourth-order valence-electron chi connectivity index (χ4n) is 2.41. The zero-order valence-electron chi connectivity index (χ0n) is 14.6. The second kappa shape index (κ2) is 8.97. The van der Waals surface area contributed by atoms with Crippen molar-refractivity contribution in [2.24, 2.45) is 0 Å². The molecule has 27 heavy (non-hydrogen) atoms. The molecule has 0 aliphatic rings. The first kappa shape index (κ1) is 19.3. The molecule has 0 aliphatic heterocycles. The molecule has 7 heteroatoms. The first-order valence-corrected chi connectivity index (χ1v) is 9.58. The van der Waals surface area contributed by atoms with Gasteiger partial charge in [0, 0.05) is 10.4 Å². The molecule has 0 radical (unpaired) electrons. The van der Waals surface area contributed by atoms with Crippen LogP contribution >= 0.6 is 22.9 Å². The van der Waals surface area contributed by atoms with E-state index in [0.29, 0.717) is 28.1 Å². The third kappa shape index (κ3) is 5.28. The number of hydrogen-bond acceptors (Lipinski definition) is 5. The number of carbonyl (C=O) groups is 1. The van der Waals surface area contributed by atoms with Gasteiger partial charge in [-0.15, -0.1) is 11.3 Å². The SMILES string of the molecule is CCOC(=O)Cc1csc(-c2cc(Cl)ccc2OCc2ccc(F)cc2)n1. The van der Waals surface area contributed by atoms with E-state index in [0.717, 1.165) is 11.1 Å². The van der Waals surface area contributed by atoms with Gasteiger partial charge in [-0.3, -0.25) is 4.79 Å². The summed E-state index contributed by atoms with van der Waals surface area (Å²) in [7, 11) is 0. The van der Waals surface area contributed by atoms with Gasteiger partial charge in [0.2, 0.25) is 0 Å². The van der Waals surface area contributed by atoms with Gasteiger partial charge >= 0.3 is 5.97 Å². The van der Waals surface area contributed by atoms with Crippen molar-refractivity contribution in [3.05, 3.63) is 69.9 Å². The number of aromatic nitrogens is 1. The molecule has 3 aromatic rings. The molecule has 140 valence electrons. The summed E-state index contributed by atoms with van der Waals surface area (Å²) in [5.74, 6) is 0.0110. The summed E-state index contributed by atoms with van der Waals surface area (Å²) in [6, 6.07) is 11.4. The number of rotatable bonds is 7. The third-order valence-electron chi connectivity index (χ3n) is 3.66. The van der Waals surface area contributed by atoms with Gasteiger partial charge in [-0.05, 0) is 42.8 Å². The Morgan fingerprint density at radius 2 is 2.00 bits per heavy atom. The van der Waals surface area contributed by atoms with E-state index in [2.05, 4.69) is 4.98 Å². The molecule has 0 spiro atoms. The van der Waals surface area contributed by atoms with E-state index in [1.807, 2.05) is 5.38 Å². The highest BCUT2D eigenvalue weighted by molar-refractivity contribution is 7.13. The van der Waals surface area contributed by atoms with Crippen molar-refractivity contribution >= 4 is 28.9 Å². The number of halogens is 2. The fraction of sp³-hybridized carbons (Fsp3) is 0.200. The molecule has 3 rings (SSSR count). The van der Waals surface area contributed by atoms with Crippen LogP contribution in [0, 0.1) is 5.82 Å². The van der Waals surface area contributed by atoms with Crippen molar-refractivity contribution in [3.63, 3.8) is 0 Å². The molecule has 4 nitrogen and oxygen atoms in total. The molecule has 0 aliphatic carbocycles. The van der Waals surface area contributed by atoms with Gasteiger partial charge in [-0.2, -0.15) is 0 Å². The maximum atomic E-state index is 13.0. The van der Waals surface area contributed by atoms with Crippen molar-refractivity contribution in [3.8, 4) is 16.3 Å². The molecular formula is C20H17ClFNO3S. The molecule has 0 amide bonds. The lowest BCUT2D eigenvalue weighted by Gasteiger charge is -2.11. The van der Waals surface area contributed by atoms with Crippen LogP contribution in [-0.4, -0.2) is 17.6 Å². The van der Waals surface area contributed by atoms with Crippen LogP contribution in [-0.2, 0) is 22.6 Å². The number of thiazole rings is 1. The largest absolute Gasteiger partial charge is 0.488 e. The van der Waals surface area contributed by atoms with Crippen LogP contribution < -0.4 is 4.74 Å². The summed E-state index contributed by atoms with van der Waals surface area (Å²) in [4.78, 5) is 16.1. The van der Waals surface area contributed by atoms with Gasteiger partial charge < -0.3 is 9.47 Å². The van der Waals surface area contributed by atoms with Crippen molar-refractivity contribution in [1.82, 2.24) is 4.98 Å².